The SMILES string of the molecule is COC(=O)Nc1ccc(CNC(=O)[C@@H](NC(=O)c2ccco2)C(C)C)cc1. The minimum atomic E-state index is -0.692. The zero-order chi connectivity index (χ0) is 19.8. The van der Waals surface area contributed by atoms with Crippen LogP contribution in [-0.4, -0.2) is 31.1 Å². The molecule has 1 aromatic heterocycles. The number of nitrogens with one attached hydrogen (secondary N) is 3. The van der Waals surface area contributed by atoms with E-state index in [1.807, 2.05) is 13.8 Å². The van der Waals surface area contributed by atoms with Gasteiger partial charge in [-0.05, 0) is 35.7 Å². The lowest BCUT2D eigenvalue weighted by molar-refractivity contribution is -0.124. The van der Waals surface area contributed by atoms with Gasteiger partial charge in [0.05, 0.1) is 13.4 Å². The number of benzene rings is 1. The lowest BCUT2D eigenvalue weighted by Gasteiger charge is -2.21. The number of rotatable bonds is 7. The molecule has 0 aliphatic carbocycles. The van der Waals surface area contributed by atoms with E-state index < -0.39 is 18.0 Å². The Morgan fingerprint density at radius 3 is 2.37 bits per heavy atom. The number of carbonyl (C=O) groups is 3. The molecule has 8 heteroatoms. The molecule has 0 radical (unpaired) electrons. The van der Waals surface area contributed by atoms with Crippen LogP contribution in [0.3, 0.4) is 0 Å². The third-order valence-electron chi connectivity index (χ3n) is 3.83. The predicted octanol–water partition coefficient (Wildman–Crippen LogP) is 2.53. The summed E-state index contributed by atoms with van der Waals surface area (Å²) < 4.78 is 9.57. The summed E-state index contributed by atoms with van der Waals surface area (Å²) in [4.78, 5) is 35.8. The number of hydrogen-bond acceptors (Lipinski definition) is 5. The Morgan fingerprint density at radius 2 is 1.81 bits per heavy atom. The fourth-order valence-electron chi connectivity index (χ4n) is 2.33. The number of hydrogen-bond donors (Lipinski definition) is 3. The van der Waals surface area contributed by atoms with Gasteiger partial charge in [-0.2, -0.15) is 0 Å². The average molecular weight is 373 g/mol. The van der Waals surface area contributed by atoms with Crippen LogP contribution in [0, 0.1) is 5.92 Å². The Morgan fingerprint density at radius 1 is 1.11 bits per heavy atom. The molecule has 1 heterocycles. The Bertz CT molecular complexity index is 769. The summed E-state index contributed by atoms with van der Waals surface area (Å²) in [6.45, 7) is 3.98. The van der Waals surface area contributed by atoms with Gasteiger partial charge in [-0.3, -0.25) is 14.9 Å². The van der Waals surface area contributed by atoms with Gasteiger partial charge in [0.25, 0.3) is 5.91 Å². The van der Waals surface area contributed by atoms with E-state index >= 15 is 0 Å². The fourth-order valence-corrected chi connectivity index (χ4v) is 2.33. The summed E-state index contributed by atoms with van der Waals surface area (Å²) in [7, 11) is 1.29. The normalized spacial score (nSPS) is 11.6. The number of furan rings is 1. The Kier molecular flexibility index (Phi) is 6.99. The van der Waals surface area contributed by atoms with Gasteiger partial charge in [0.15, 0.2) is 5.76 Å². The summed E-state index contributed by atoms with van der Waals surface area (Å²) in [5, 5.41) is 8.04. The van der Waals surface area contributed by atoms with Gasteiger partial charge in [-0.15, -0.1) is 0 Å². The molecule has 0 saturated carbocycles. The van der Waals surface area contributed by atoms with Gasteiger partial charge in [0.2, 0.25) is 5.91 Å². The molecule has 1 atom stereocenters. The van der Waals surface area contributed by atoms with E-state index in [1.165, 1.54) is 19.4 Å². The third-order valence-corrected chi connectivity index (χ3v) is 3.83. The fraction of sp³-hybridized carbons (Fsp3) is 0.316. The highest BCUT2D eigenvalue weighted by atomic mass is 16.5. The third kappa shape index (κ3) is 5.88. The van der Waals surface area contributed by atoms with Crippen molar-refractivity contribution in [3.05, 3.63) is 54.0 Å². The van der Waals surface area contributed by atoms with Crippen LogP contribution in [0.2, 0.25) is 0 Å². The van der Waals surface area contributed by atoms with Gasteiger partial charge >= 0.3 is 6.09 Å². The molecule has 1 aromatic carbocycles. The highest BCUT2D eigenvalue weighted by molar-refractivity contribution is 5.95. The van der Waals surface area contributed by atoms with E-state index in [1.54, 1.807) is 30.3 Å². The quantitative estimate of drug-likeness (QED) is 0.691. The number of methoxy groups -OCH3 is 1. The van der Waals surface area contributed by atoms with Crippen LogP contribution >= 0.6 is 0 Å². The first kappa shape index (κ1) is 20.0. The zero-order valence-corrected chi connectivity index (χ0v) is 15.4. The number of ether oxygens (including phenoxy) is 1. The molecule has 0 spiro atoms. The molecule has 0 aliphatic heterocycles. The molecule has 2 aromatic rings. The second-order valence-electron chi connectivity index (χ2n) is 6.20. The van der Waals surface area contributed by atoms with Crippen LogP contribution in [0.5, 0.6) is 0 Å². The molecule has 8 nitrogen and oxygen atoms in total. The van der Waals surface area contributed by atoms with E-state index in [-0.39, 0.29) is 24.1 Å². The molecule has 0 aliphatic rings. The molecule has 0 fully saturated rings. The van der Waals surface area contributed by atoms with Crippen molar-refractivity contribution in [2.75, 3.05) is 12.4 Å². The molecule has 0 saturated heterocycles. The zero-order valence-electron chi connectivity index (χ0n) is 15.4. The molecular weight excluding hydrogens is 350 g/mol. The number of amides is 3. The second-order valence-corrected chi connectivity index (χ2v) is 6.20. The van der Waals surface area contributed by atoms with E-state index in [0.29, 0.717) is 5.69 Å². The van der Waals surface area contributed by atoms with Crippen molar-refractivity contribution in [3.8, 4) is 0 Å². The topological polar surface area (TPSA) is 110 Å². The molecule has 0 bridgehead atoms. The summed E-state index contributed by atoms with van der Waals surface area (Å²) in [5.41, 5.74) is 1.43. The van der Waals surface area contributed by atoms with Gasteiger partial charge in [-0.1, -0.05) is 26.0 Å². The molecule has 144 valence electrons. The van der Waals surface area contributed by atoms with Crippen molar-refractivity contribution in [2.24, 2.45) is 5.92 Å². The lowest BCUT2D eigenvalue weighted by atomic mass is 10.0. The van der Waals surface area contributed by atoms with Crippen molar-refractivity contribution in [2.45, 2.75) is 26.4 Å². The molecule has 27 heavy (non-hydrogen) atoms. The summed E-state index contributed by atoms with van der Waals surface area (Å²) >= 11 is 0. The molecular formula is C19H23N3O5. The van der Waals surface area contributed by atoms with Crippen LogP contribution in [0.15, 0.2) is 47.1 Å². The number of anilines is 1. The van der Waals surface area contributed by atoms with E-state index in [9.17, 15) is 14.4 Å². The first-order chi connectivity index (χ1) is 12.9. The van der Waals surface area contributed by atoms with Crippen LogP contribution in [0.4, 0.5) is 10.5 Å². The van der Waals surface area contributed by atoms with Crippen molar-refractivity contribution in [3.63, 3.8) is 0 Å². The highest BCUT2D eigenvalue weighted by Crippen LogP contribution is 2.11. The maximum absolute atomic E-state index is 12.5. The maximum atomic E-state index is 12.5. The number of carbonyl (C=O) groups excluding carboxylic acids is 3. The second kappa shape index (κ2) is 9.42. The molecule has 0 unspecified atom stereocenters. The monoisotopic (exact) mass is 373 g/mol. The summed E-state index contributed by atoms with van der Waals surface area (Å²) in [6, 6.07) is 9.41. The minimum Gasteiger partial charge on any atom is -0.459 e. The van der Waals surface area contributed by atoms with Gasteiger partial charge in [-0.25, -0.2) is 4.79 Å². The van der Waals surface area contributed by atoms with E-state index in [2.05, 4.69) is 20.7 Å². The van der Waals surface area contributed by atoms with Crippen molar-refractivity contribution in [1.29, 1.82) is 0 Å². The van der Waals surface area contributed by atoms with Crippen LogP contribution < -0.4 is 16.0 Å². The van der Waals surface area contributed by atoms with Crippen molar-refractivity contribution in [1.82, 2.24) is 10.6 Å². The predicted molar refractivity (Wildman–Crippen MR) is 99.1 cm³/mol. The van der Waals surface area contributed by atoms with E-state index in [4.69, 9.17) is 4.42 Å². The van der Waals surface area contributed by atoms with Crippen molar-refractivity contribution >= 4 is 23.6 Å². The standard InChI is InChI=1S/C19H23N3O5/c1-12(2)16(22-17(23)15-5-4-10-27-15)18(24)20-11-13-6-8-14(9-7-13)21-19(25)26-3/h4-10,12,16H,11H2,1-3H3,(H,20,24)(H,21,25)(H,22,23)/t16-/m0/s1. The summed E-state index contributed by atoms with van der Waals surface area (Å²) in [5.74, 6) is -0.675. The maximum Gasteiger partial charge on any atom is 0.411 e. The van der Waals surface area contributed by atoms with Crippen LogP contribution in [0.25, 0.3) is 0 Å². The first-order valence-electron chi connectivity index (χ1n) is 8.46. The Hall–Kier alpha value is -3.29. The van der Waals surface area contributed by atoms with Crippen LogP contribution in [-0.2, 0) is 16.1 Å². The van der Waals surface area contributed by atoms with E-state index in [0.717, 1.165) is 5.56 Å². The average Bonchev–Trinajstić information content (AvgIpc) is 3.19. The minimum absolute atomic E-state index is 0.101. The molecule has 3 amide bonds. The molecule has 3 N–H and O–H groups in total. The van der Waals surface area contributed by atoms with Crippen LogP contribution in [0.1, 0.15) is 30.0 Å². The van der Waals surface area contributed by atoms with Gasteiger partial charge in [0, 0.05) is 12.2 Å². The lowest BCUT2D eigenvalue weighted by Crippen LogP contribution is -2.49. The Labute approximate surface area is 157 Å². The van der Waals surface area contributed by atoms with Gasteiger partial charge < -0.3 is 19.8 Å². The van der Waals surface area contributed by atoms with Crippen molar-refractivity contribution < 1.29 is 23.5 Å². The first-order valence-corrected chi connectivity index (χ1v) is 8.46. The smallest absolute Gasteiger partial charge is 0.411 e. The largest absolute Gasteiger partial charge is 0.459 e. The van der Waals surface area contributed by atoms with Gasteiger partial charge in [0.1, 0.15) is 6.04 Å². The summed E-state index contributed by atoms with van der Waals surface area (Å²) in [6.07, 6.45) is 0.848. The molecule has 2 rings (SSSR count). The highest BCUT2D eigenvalue weighted by Gasteiger charge is 2.25. The Balaban J connectivity index is 1.91.